The minimum atomic E-state index is -2.74. The molecule has 226 valence electrons. The number of hydrogen-bond donors (Lipinski definition) is 12. The summed E-state index contributed by atoms with van der Waals surface area (Å²) in [7, 11) is 0. The van der Waals surface area contributed by atoms with E-state index in [2.05, 4.69) is 0 Å². The van der Waals surface area contributed by atoms with Gasteiger partial charge in [-0.1, -0.05) is 0 Å². The maximum Gasteiger partial charge on any atom is 2.00 e. The van der Waals surface area contributed by atoms with E-state index in [4.69, 9.17) is 61.3 Å². The normalized spacial score (nSPS) is 10.6. The van der Waals surface area contributed by atoms with E-state index < -0.39 is 109 Å². The minimum Gasteiger partial charge on any atom is -1.00 e. The molecule has 0 aliphatic rings. The van der Waals surface area contributed by atoms with Crippen LogP contribution in [0.15, 0.2) is 0 Å². The van der Waals surface area contributed by atoms with Crippen LogP contribution in [0.5, 0.6) is 0 Å². The van der Waals surface area contributed by atoms with Gasteiger partial charge >= 0.3 is 103 Å². The quantitative estimate of drug-likeness (QED) is 0.0721. The Morgan fingerprint density at radius 2 is 0.450 bits per heavy atom. The van der Waals surface area contributed by atoms with Gasteiger partial charge in [0, 0.05) is 0 Å². The molecule has 0 aliphatic carbocycles. The SMILES string of the molecule is O=C(O)CC(O)(CC(=O)O)C(=O)O.O=C(O)CC(O)(CC(=O)O)C(=O)O.O=C(O)CC(O)(CC(=O)O)C(=O)O.[Ba+2].[H-].[H-]. The van der Waals surface area contributed by atoms with Crippen molar-refractivity contribution in [1.82, 2.24) is 0 Å². The van der Waals surface area contributed by atoms with E-state index in [-0.39, 0.29) is 51.7 Å². The molecule has 0 fully saturated rings. The van der Waals surface area contributed by atoms with Crippen molar-refractivity contribution in [2.45, 2.75) is 55.3 Å². The summed E-state index contributed by atoms with van der Waals surface area (Å²) in [5.41, 5.74) is -8.22. The Kier molecular flexibility index (Phi) is 20.6. The Balaban J connectivity index is -0.000000112. The van der Waals surface area contributed by atoms with Crippen LogP contribution in [-0.4, -0.2) is 181 Å². The van der Waals surface area contributed by atoms with Crippen molar-refractivity contribution in [3.63, 3.8) is 0 Å². The fourth-order valence-electron chi connectivity index (χ4n) is 2.14. The van der Waals surface area contributed by atoms with Gasteiger partial charge in [0.25, 0.3) is 0 Å². The molecule has 0 aromatic rings. The first-order chi connectivity index (χ1) is 17.3. The Morgan fingerprint density at radius 1 is 0.350 bits per heavy atom. The van der Waals surface area contributed by atoms with E-state index in [0.717, 1.165) is 0 Å². The number of hydrogen-bond acceptors (Lipinski definition) is 12. The Hall–Kier alpha value is -3.32. The van der Waals surface area contributed by atoms with E-state index in [0.29, 0.717) is 0 Å². The molecule has 0 aromatic heterocycles. The molecule has 22 heteroatoms. The minimum absolute atomic E-state index is 0. The molecule has 40 heavy (non-hydrogen) atoms. The van der Waals surface area contributed by atoms with Crippen molar-refractivity contribution in [2.75, 3.05) is 0 Å². The third-order valence-corrected chi connectivity index (χ3v) is 3.86. The Morgan fingerprint density at radius 3 is 0.500 bits per heavy atom. The molecular formula is C18H26BaO21. The summed E-state index contributed by atoms with van der Waals surface area (Å²) in [6.45, 7) is 0. The summed E-state index contributed by atoms with van der Waals surface area (Å²) in [5, 5.41) is 101. The number of aliphatic carboxylic acids is 9. The van der Waals surface area contributed by atoms with Gasteiger partial charge in [0.2, 0.25) is 0 Å². The van der Waals surface area contributed by atoms with Gasteiger partial charge in [0.1, 0.15) is 0 Å². The van der Waals surface area contributed by atoms with Crippen molar-refractivity contribution < 1.29 is 107 Å². The summed E-state index contributed by atoms with van der Waals surface area (Å²) < 4.78 is 0. The number of carboxylic acids is 9. The second-order valence-electron chi connectivity index (χ2n) is 7.43. The Labute approximate surface area is 263 Å². The van der Waals surface area contributed by atoms with E-state index in [1.807, 2.05) is 0 Å². The van der Waals surface area contributed by atoms with Crippen LogP contribution in [0.1, 0.15) is 41.4 Å². The fraction of sp³-hybridized carbons (Fsp3) is 0.500. The summed E-state index contributed by atoms with van der Waals surface area (Å²) in [5.74, 6) is -15.1. The molecule has 0 atom stereocenters. The molecule has 0 radical (unpaired) electrons. The number of carbonyl (C=O) groups is 9. The molecular weight excluding hydrogens is 690 g/mol. The molecule has 0 spiro atoms. The van der Waals surface area contributed by atoms with Crippen molar-refractivity contribution in [3.8, 4) is 0 Å². The van der Waals surface area contributed by atoms with Crippen LogP contribution >= 0.6 is 0 Å². The van der Waals surface area contributed by atoms with Gasteiger partial charge in [-0.3, -0.25) is 28.8 Å². The molecule has 21 nitrogen and oxygen atoms in total. The van der Waals surface area contributed by atoms with E-state index in [9.17, 15) is 43.2 Å². The molecule has 0 aliphatic heterocycles. The maximum absolute atomic E-state index is 10.3. The van der Waals surface area contributed by atoms with Crippen LogP contribution in [0.3, 0.4) is 0 Å². The molecule has 0 heterocycles. The van der Waals surface area contributed by atoms with E-state index in [1.165, 1.54) is 0 Å². The van der Waals surface area contributed by atoms with Crippen molar-refractivity contribution in [2.24, 2.45) is 0 Å². The van der Waals surface area contributed by atoms with Gasteiger partial charge in [-0.15, -0.1) is 0 Å². The number of aliphatic hydroxyl groups is 3. The molecule has 12 N–H and O–H groups in total. The van der Waals surface area contributed by atoms with Gasteiger partial charge in [-0.2, -0.15) is 0 Å². The van der Waals surface area contributed by atoms with Gasteiger partial charge in [-0.05, 0) is 0 Å². The molecule has 0 bridgehead atoms. The molecule has 0 saturated carbocycles. The van der Waals surface area contributed by atoms with Gasteiger partial charge < -0.3 is 64.1 Å². The number of rotatable bonds is 15. The summed E-state index contributed by atoms with van der Waals surface area (Å²) in [6.07, 6.45) is -6.87. The third-order valence-electron chi connectivity index (χ3n) is 3.86. The van der Waals surface area contributed by atoms with Crippen LogP contribution in [0.25, 0.3) is 0 Å². The average Bonchev–Trinajstić information content (AvgIpc) is 2.64. The maximum atomic E-state index is 10.3. The molecule has 0 amide bonds. The molecule has 0 rings (SSSR count). The predicted molar refractivity (Wildman–Crippen MR) is 119 cm³/mol. The van der Waals surface area contributed by atoms with Gasteiger partial charge in [0.05, 0.1) is 38.5 Å². The van der Waals surface area contributed by atoms with Crippen LogP contribution in [0.4, 0.5) is 0 Å². The van der Waals surface area contributed by atoms with Crippen LogP contribution in [0, 0.1) is 0 Å². The van der Waals surface area contributed by atoms with E-state index in [1.54, 1.807) is 0 Å². The number of carboxylic acid groups (broad SMARTS) is 9. The van der Waals surface area contributed by atoms with Crippen molar-refractivity contribution in [3.05, 3.63) is 0 Å². The summed E-state index contributed by atoms with van der Waals surface area (Å²) in [6, 6.07) is 0. The largest absolute Gasteiger partial charge is 2.00 e. The van der Waals surface area contributed by atoms with Crippen molar-refractivity contribution in [1.29, 1.82) is 0 Å². The zero-order valence-corrected chi connectivity index (χ0v) is 24.4. The monoisotopic (exact) mass is 716 g/mol. The second kappa shape index (κ2) is 18.9. The molecule has 0 saturated heterocycles. The van der Waals surface area contributed by atoms with Crippen molar-refractivity contribution >= 4 is 103 Å². The fourth-order valence-corrected chi connectivity index (χ4v) is 2.14. The standard InChI is InChI=1S/3C6H8O7.Ba.2H/c3*7-3(8)1-6(13,5(11)12)2-4(9)10;;;/h3*13H,1-2H2,(H,7,8)(H,9,10)(H,11,12);;;/q;;;+2;2*-1. The Bertz CT molecular complexity index is 824. The van der Waals surface area contributed by atoms with Gasteiger partial charge in [0.15, 0.2) is 16.8 Å². The van der Waals surface area contributed by atoms with E-state index >= 15 is 0 Å². The average molecular weight is 716 g/mol. The summed E-state index contributed by atoms with van der Waals surface area (Å²) in [4.78, 5) is 91.5. The van der Waals surface area contributed by atoms with Crippen LogP contribution in [-0.2, 0) is 43.2 Å². The zero-order valence-electron chi connectivity index (χ0n) is 22.0. The summed E-state index contributed by atoms with van der Waals surface area (Å²) >= 11 is 0. The topological polar surface area (TPSA) is 396 Å². The van der Waals surface area contributed by atoms with Gasteiger partial charge in [-0.25, -0.2) is 14.4 Å². The van der Waals surface area contributed by atoms with Crippen LogP contribution in [0.2, 0.25) is 0 Å². The first kappa shape index (κ1) is 43.7. The first-order valence-electron chi connectivity index (χ1n) is 9.51. The predicted octanol–water partition coefficient (Wildman–Crippen LogP) is -3.90. The van der Waals surface area contributed by atoms with Crippen LogP contribution < -0.4 is 0 Å². The smallest absolute Gasteiger partial charge is 1.00 e. The first-order valence-corrected chi connectivity index (χ1v) is 9.51. The second-order valence-corrected chi connectivity index (χ2v) is 7.43. The molecule has 0 unspecified atom stereocenters. The third kappa shape index (κ3) is 19.7. The zero-order chi connectivity index (χ0) is 31.9. The molecule has 0 aromatic carbocycles.